The molecule has 3 heteroatoms. The number of methoxy groups -OCH3 is 1. The monoisotopic (exact) mass is 334 g/mol. The molecule has 2 aromatic rings. The van der Waals surface area contributed by atoms with Crippen molar-refractivity contribution in [2.75, 3.05) is 7.11 Å². The maximum absolute atomic E-state index is 4.98. The lowest BCUT2D eigenvalue weighted by atomic mass is 10.2. The summed E-state index contributed by atoms with van der Waals surface area (Å²) in [5, 5.41) is 0. The van der Waals surface area contributed by atoms with Crippen LogP contribution in [0.25, 0.3) is 0 Å². The van der Waals surface area contributed by atoms with Crippen molar-refractivity contribution < 1.29 is 4.74 Å². The molecule has 0 radical (unpaired) electrons. The fraction of sp³-hybridized carbons (Fsp3) is 0.524. The lowest BCUT2D eigenvalue weighted by molar-refractivity contribution is 0.410. The number of nitrogens with zero attached hydrogens (tertiary/aromatic N) is 2. The first kappa shape index (κ1) is 27.0. The molecule has 138 valence electrons. The summed E-state index contributed by atoms with van der Waals surface area (Å²) in [6.45, 7) is 16.2. The van der Waals surface area contributed by atoms with E-state index in [0.717, 1.165) is 11.3 Å². The Morgan fingerprint density at radius 2 is 1.33 bits per heavy atom. The van der Waals surface area contributed by atoms with Crippen molar-refractivity contribution in [3.63, 3.8) is 0 Å². The molecule has 0 aliphatic heterocycles. The molecule has 0 atom stereocenters. The van der Waals surface area contributed by atoms with E-state index >= 15 is 0 Å². The van der Waals surface area contributed by atoms with Crippen LogP contribution >= 0.6 is 0 Å². The molecule has 0 fully saturated rings. The fourth-order valence-corrected chi connectivity index (χ4v) is 1.50. The minimum Gasteiger partial charge on any atom is -0.495 e. The highest BCUT2D eigenvalue weighted by atomic mass is 16.5. The van der Waals surface area contributed by atoms with E-state index in [1.165, 1.54) is 18.4 Å². The van der Waals surface area contributed by atoms with Gasteiger partial charge < -0.3 is 4.74 Å². The number of hydrogen-bond acceptors (Lipinski definition) is 3. The second kappa shape index (κ2) is 23.4. The van der Waals surface area contributed by atoms with Gasteiger partial charge in [-0.05, 0) is 42.7 Å². The van der Waals surface area contributed by atoms with Gasteiger partial charge in [-0.15, -0.1) is 0 Å². The van der Waals surface area contributed by atoms with Crippen LogP contribution in [-0.4, -0.2) is 17.1 Å². The van der Waals surface area contributed by atoms with Crippen LogP contribution in [0, 0.1) is 6.92 Å². The summed E-state index contributed by atoms with van der Waals surface area (Å²) in [6.07, 6.45) is 9.51. The Morgan fingerprint density at radius 3 is 1.71 bits per heavy atom. The third-order valence-corrected chi connectivity index (χ3v) is 2.50. The van der Waals surface area contributed by atoms with Gasteiger partial charge >= 0.3 is 0 Å². The van der Waals surface area contributed by atoms with E-state index in [2.05, 4.69) is 29.0 Å². The minimum absolute atomic E-state index is 0.845. The van der Waals surface area contributed by atoms with Crippen LogP contribution in [0.1, 0.15) is 66.0 Å². The van der Waals surface area contributed by atoms with E-state index in [1.807, 2.05) is 66.9 Å². The standard InChI is InChI=1S/C8H11N.C7H9NO.3C2H6/c1-2-3-8-4-6-9-7-5-8;1-6-3-4-8-5-7(6)9-2;3*1-2/h4-7H,2-3H2,1H3;3-5H,1-2H3;3*1-2H3. The van der Waals surface area contributed by atoms with E-state index in [-0.39, 0.29) is 0 Å². The summed E-state index contributed by atoms with van der Waals surface area (Å²) >= 11 is 0. The smallest absolute Gasteiger partial charge is 0.140 e. The van der Waals surface area contributed by atoms with Crippen molar-refractivity contribution in [2.45, 2.75) is 68.2 Å². The maximum Gasteiger partial charge on any atom is 0.140 e. The molecular formula is C21H38N2O. The molecule has 0 N–H and O–H groups in total. The predicted octanol–water partition coefficient (Wildman–Crippen LogP) is 6.51. The quantitative estimate of drug-likeness (QED) is 0.641. The predicted molar refractivity (Wildman–Crippen MR) is 108 cm³/mol. The lowest BCUT2D eigenvalue weighted by Crippen LogP contribution is -1.86. The van der Waals surface area contributed by atoms with Gasteiger partial charge in [-0.3, -0.25) is 9.97 Å². The topological polar surface area (TPSA) is 35.0 Å². The Morgan fingerprint density at radius 1 is 0.833 bits per heavy atom. The zero-order chi connectivity index (χ0) is 19.2. The summed E-state index contributed by atoms with van der Waals surface area (Å²) in [5.74, 6) is 0.845. The molecule has 0 aliphatic rings. The van der Waals surface area contributed by atoms with Crippen molar-refractivity contribution in [1.82, 2.24) is 9.97 Å². The molecule has 0 unspecified atom stereocenters. The number of ether oxygens (including phenoxy) is 1. The Balaban J connectivity index is -0.000000281. The third kappa shape index (κ3) is 15.0. The molecule has 2 rings (SSSR count). The van der Waals surface area contributed by atoms with Crippen molar-refractivity contribution in [3.8, 4) is 5.75 Å². The van der Waals surface area contributed by atoms with Crippen LogP contribution in [0.5, 0.6) is 5.75 Å². The number of aryl methyl sites for hydroxylation is 2. The maximum atomic E-state index is 4.98. The van der Waals surface area contributed by atoms with E-state index in [1.54, 1.807) is 19.5 Å². The van der Waals surface area contributed by atoms with Gasteiger partial charge in [0.05, 0.1) is 13.3 Å². The highest BCUT2D eigenvalue weighted by molar-refractivity contribution is 5.27. The first-order chi connectivity index (χ1) is 11.8. The highest BCUT2D eigenvalue weighted by Crippen LogP contribution is 2.12. The van der Waals surface area contributed by atoms with Gasteiger partial charge in [-0.2, -0.15) is 0 Å². The van der Waals surface area contributed by atoms with Crippen molar-refractivity contribution >= 4 is 0 Å². The molecular weight excluding hydrogens is 296 g/mol. The summed E-state index contributed by atoms with van der Waals surface area (Å²) in [7, 11) is 1.64. The number of pyridine rings is 2. The number of aromatic nitrogens is 2. The first-order valence-corrected chi connectivity index (χ1v) is 9.11. The van der Waals surface area contributed by atoms with Crippen LogP contribution < -0.4 is 4.74 Å². The lowest BCUT2D eigenvalue weighted by Gasteiger charge is -1.99. The van der Waals surface area contributed by atoms with Gasteiger partial charge in [0.15, 0.2) is 0 Å². The van der Waals surface area contributed by atoms with Crippen molar-refractivity contribution in [1.29, 1.82) is 0 Å². The van der Waals surface area contributed by atoms with Gasteiger partial charge in [0.1, 0.15) is 5.75 Å². The molecule has 0 saturated carbocycles. The molecule has 2 heterocycles. The summed E-state index contributed by atoms with van der Waals surface area (Å²) in [6, 6.07) is 6.03. The highest BCUT2D eigenvalue weighted by Gasteiger charge is 1.92. The molecule has 0 bridgehead atoms. The van der Waals surface area contributed by atoms with Gasteiger partial charge in [0.25, 0.3) is 0 Å². The van der Waals surface area contributed by atoms with Crippen LogP contribution in [-0.2, 0) is 6.42 Å². The third-order valence-electron chi connectivity index (χ3n) is 2.50. The van der Waals surface area contributed by atoms with Crippen molar-refractivity contribution in [2.24, 2.45) is 0 Å². The SMILES string of the molecule is CC.CC.CC.CCCc1ccncc1.COc1cnccc1C. The number of hydrogen-bond donors (Lipinski definition) is 0. The zero-order valence-electron chi connectivity index (χ0n) is 17.3. The molecule has 0 aromatic carbocycles. The Labute approximate surface area is 150 Å². The van der Waals surface area contributed by atoms with E-state index in [0.29, 0.717) is 0 Å². The van der Waals surface area contributed by atoms with Gasteiger partial charge in [-0.1, -0.05) is 54.9 Å². The molecule has 0 spiro atoms. The second-order valence-electron chi connectivity index (χ2n) is 3.95. The Kier molecular flexibility index (Phi) is 26.3. The largest absolute Gasteiger partial charge is 0.495 e. The minimum atomic E-state index is 0.845. The van der Waals surface area contributed by atoms with E-state index < -0.39 is 0 Å². The Hall–Kier alpha value is -1.90. The summed E-state index contributed by atoms with van der Waals surface area (Å²) in [5.41, 5.74) is 2.50. The van der Waals surface area contributed by atoms with E-state index in [9.17, 15) is 0 Å². The molecule has 24 heavy (non-hydrogen) atoms. The van der Waals surface area contributed by atoms with Crippen LogP contribution in [0.3, 0.4) is 0 Å². The average molecular weight is 335 g/mol. The molecule has 0 amide bonds. The first-order valence-electron chi connectivity index (χ1n) is 9.11. The van der Waals surface area contributed by atoms with E-state index in [4.69, 9.17) is 4.74 Å². The zero-order valence-corrected chi connectivity index (χ0v) is 17.3. The van der Waals surface area contributed by atoms with Crippen LogP contribution in [0.4, 0.5) is 0 Å². The average Bonchev–Trinajstić information content (AvgIpc) is 2.69. The molecule has 0 saturated heterocycles. The Bertz CT molecular complexity index is 445. The molecule has 2 aromatic heterocycles. The van der Waals surface area contributed by atoms with Crippen molar-refractivity contribution in [3.05, 3.63) is 54.1 Å². The van der Waals surface area contributed by atoms with Gasteiger partial charge in [-0.25, -0.2) is 0 Å². The molecule has 3 nitrogen and oxygen atoms in total. The van der Waals surface area contributed by atoms with Crippen LogP contribution in [0.2, 0.25) is 0 Å². The fourth-order valence-electron chi connectivity index (χ4n) is 1.50. The van der Waals surface area contributed by atoms with Gasteiger partial charge in [0.2, 0.25) is 0 Å². The summed E-state index contributed by atoms with van der Waals surface area (Å²) < 4.78 is 4.98. The molecule has 0 aliphatic carbocycles. The number of rotatable bonds is 3. The second-order valence-corrected chi connectivity index (χ2v) is 3.95. The van der Waals surface area contributed by atoms with Gasteiger partial charge in [0, 0.05) is 18.6 Å². The summed E-state index contributed by atoms with van der Waals surface area (Å²) in [4.78, 5) is 7.82. The van der Waals surface area contributed by atoms with Crippen LogP contribution in [0.15, 0.2) is 43.0 Å². The normalized spacial score (nSPS) is 7.71.